The Morgan fingerprint density at radius 2 is 1.78 bits per heavy atom. The summed E-state index contributed by atoms with van der Waals surface area (Å²) in [5, 5.41) is 11.4. The van der Waals surface area contributed by atoms with Gasteiger partial charge < -0.3 is 25.7 Å². The Labute approximate surface area is 238 Å². The molecule has 4 N–H and O–H groups in total. The summed E-state index contributed by atoms with van der Waals surface area (Å²) < 4.78 is 5.59. The van der Waals surface area contributed by atoms with E-state index in [-0.39, 0.29) is 35.9 Å². The zero-order valence-corrected chi connectivity index (χ0v) is 23.3. The van der Waals surface area contributed by atoms with E-state index in [0.717, 1.165) is 5.56 Å². The van der Waals surface area contributed by atoms with Crippen molar-refractivity contribution < 1.29 is 23.6 Å². The molecule has 1 aliphatic heterocycles. The molecule has 3 aromatic rings. The van der Waals surface area contributed by atoms with Crippen molar-refractivity contribution in [3.05, 3.63) is 77.5 Å². The highest BCUT2D eigenvalue weighted by atomic mass is 16.3. The Kier molecular flexibility index (Phi) is 9.77. The molecule has 2 aromatic heterocycles. The molecule has 4 amide bonds. The third-order valence-corrected chi connectivity index (χ3v) is 6.77. The van der Waals surface area contributed by atoms with E-state index < -0.39 is 41.8 Å². The lowest BCUT2D eigenvalue weighted by Crippen LogP contribution is -2.55. The number of hydrogen-bond acceptors (Lipinski definition) is 8. The Balaban J connectivity index is 1.62. The third kappa shape index (κ3) is 7.96. The Morgan fingerprint density at radius 1 is 1.05 bits per heavy atom. The van der Waals surface area contributed by atoms with Crippen LogP contribution in [0.3, 0.4) is 0 Å². The minimum absolute atomic E-state index is 0.117. The largest absolute Gasteiger partial charge is 0.446 e. The summed E-state index contributed by atoms with van der Waals surface area (Å²) in [6.07, 6.45) is 5.62. The van der Waals surface area contributed by atoms with Crippen LogP contribution in [0.15, 0.2) is 53.4 Å². The summed E-state index contributed by atoms with van der Waals surface area (Å²) in [6, 6.07) is 6.77. The summed E-state index contributed by atoms with van der Waals surface area (Å²) in [5.74, 6) is -1.28. The number of carbonyl (C=O) groups is 4. The van der Waals surface area contributed by atoms with Gasteiger partial charge in [0.1, 0.15) is 30.2 Å². The van der Waals surface area contributed by atoms with Gasteiger partial charge in [0.15, 0.2) is 5.69 Å². The number of rotatable bonds is 5. The SMILES string of the molecule is Cc1ncc(C(=O)N[C@H]2CCCCNC(=O)c3coc(n3)[C@H](C(C)C)NC(=O)[C@H](Cc3ccccc3)NC2=O)cn1. The van der Waals surface area contributed by atoms with Gasteiger partial charge in [0.05, 0.1) is 5.56 Å². The maximum absolute atomic E-state index is 13.7. The highest BCUT2D eigenvalue weighted by molar-refractivity contribution is 5.98. The van der Waals surface area contributed by atoms with Gasteiger partial charge in [0.25, 0.3) is 11.8 Å². The molecule has 0 fully saturated rings. The molecule has 4 rings (SSSR count). The van der Waals surface area contributed by atoms with Crippen LogP contribution in [0.2, 0.25) is 0 Å². The molecule has 0 aliphatic carbocycles. The Bertz CT molecular complexity index is 1360. The van der Waals surface area contributed by atoms with E-state index in [9.17, 15) is 19.2 Å². The van der Waals surface area contributed by atoms with Gasteiger partial charge in [0, 0.05) is 25.4 Å². The lowest BCUT2D eigenvalue weighted by Gasteiger charge is -2.26. The van der Waals surface area contributed by atoms with E-state index in [2.05, 4.69) is 36.2 Å². The van der Waals surface area contributed by atoms with Gasteiger partial charge in [-0.3, -0.25) is 19.2 Å². The van der Waals surface area contributed by atoms with Gasteiger partial charge in [-0.2, -0.15) is 0 Å². The molecule has 0 radical (unpaired) electrons. The van der Waals surface area contributed by atoms with E-state index >= 15 is 0 Å². The Morgan fingerprint density at radius 3 is 2.49 bits per heavy atom. The van der Waals surface area contributed by atoms with Gasteiger partial charge in [-0.1, -0.05) is 44.2 Å². The average molecular weight is 562 g/mol. The highest BCUT2D eigenvalue weighted by Gasteiger charge is 2.31. The molecule has 1 aliphatic rings. The van der Waals surface area contributed by atoms with Crippen molar-refractivity contribution in [1.82, 2.24) is 36.2 Å². The normalized spacial score (nSPS) is 20.6. The number of amides is 4. The van der Waals surface area contributed by atoms with Gasteiger partial charge in [-0.15, -0.1) is 0 Å². The maximum Gasteiger partial charge on any atom is 0.273 e. The molecule has 12 heteroatoms. The molecule has 2 bridgehead atoms. The molecular formula is C29H35N7O5. The molecular weight excluding hydrogens is 526 g/mol. The van der Waals surface area contributed by atoms with Crippen molar-refractivity contribution in [3.63, 3.8) is 0 Å². The maximum atomic E-state index is 13.7. The van der Waals surface area contributed by atoms with Crippen LogP contribution >= 0.6 is 0 Å². The molecule has 1 aromatic carbocycles. The molecule has 3 atom stereocenters. The van der Waals surface area contributed by atoms with Crippen molar-refractivity contribution in [3.8, 4) is 0 Å². The van der Waals surface area contributed by atoms with Crippen LogP contribution in [0.1, 0.15) is 77.3 Å². The standard InChI is InChI=1S/C29H35N7O5/c1-17(2)24-29-35-23(16-41-29)26(38)30-12-8-7-11-21(33-25(37)20-14-31-18(3)32-15-20)27(39)34-22(28(40)36-24)13-19-9-5-4-6-10-19/h4-6,9-10,14-17,21-22,24H,7-8,11-13H2,1-3H3,(H,30,38)(H,33,37)(H,34,39)(H,36,40)/t21-,22-,24-/m0/s1. The summed E-state index contributed by atoms with van der Waals surface area (Å²) in [4.78, 5) is 65.3. The number of aryl methyl sites for hydroxylation is 1. The number of benzene rings is 1. The first-order valence-corrected chi connectivity index (χ1v) is 13.7. The van der Waals surface area contributed by atoms with E-state index in [1.165, 1.54) is 18.7 Å². The number of nitrogens with one attached hydrogen (secondary N) is 4. The molecule has 0 saturated carbocycles. The van der Waals surface area contributed by atoms with Crippen LogP contribution in [0.5, 0.6) is 0 Å². The van der Waals surface area contributed by atoms with Gasteiger partial charge in [0.2, 0.25) is 17.7 Å². The molecule has 12 nitrogen and oxygen atoms in total. The predicted octanol–water partition coefficient (Wildman–Crippen LogP) is 2.03. The van der Waals surface area contributed by atoms with E-state index in [1.807, 2.05) is 44.2 Å². The first-order valence-electron chi connectivity index (χ1n) is 13.7. The van der Waals surface area contributed by atoms with E-state index in [0.29, 0.717) is 25.2 Å². The second-order valence-corrected chi connectivity index (χ2v) is 10.3. The summed E-state index contributed by atoms with van der Waals surface area (Å²) in [6.45, 7) is 5.82. The zero-order chi connectivity index (χ0) is 29.4. The monoisotopic (exact) mass is 561 g/mol. The van der Waals surface area contributed by atoms with Crippen LogP contribution in [-0.2, 0) is 16.0 Å². The second kappa shape index (κ2) is 13.6. The minimum atomic E-state index is -0.959. The smallest absolute Gasteiger partial charge is 0.273 e. The number of fused-ring (bicyclic) bond motifs is 2. The lowest BCUT2D eigenvalue weighted by molar-refractivity contribution is -0.130. The molecule has 0 unspecified atom stereocenters. The average Bonchev–Trinajstić information content (AvgIpc) is 3.44. The lowest BCUT2D eigenvalue weighted by atomic mass is 10.0. The molecule has 3 heterocycles. The fraction of sp³-hybridized carbons (Fsp3) is 0.414. The summed E-state index contributed by atoms with van der Waals surface area (Å²) in [7, 11) is 0. The highest BCUT2D eigenvalue weighted by Crippen LogP contribution is 2.22. The molecule has 216 valence electrons. The second-order valence-electron chi connectivity index (χ2n) is 10.3. The van der Waals surface area contributed by atoms with Crippen LogP contribution < -0.4 is 21.3 Å². The third-order valence-electron chi connectivity index (χ3n) is 6.77. The number of oxazole rings is 1. The number of aromatic nitrogens is 3. The van der Waals surface area contributed by atoms with Crippen molar-refractivity contribution in [2.45, 2.75) is 64.6 Å². The van der Waals surface area contributed by atoms with Gasteiger partial charge >= 0.3 is 0 Å². The minimum Gasteiger partial charge on any atom is -0.446 e. The van der Waals surface area contributed by atoms with Crippen LogP contribution in [0, 0.1) is 12.8 Å². The van der Waals surface area contributed by atoms with Crippen molar-refractivity contribution >= 4 is 23.6 Å². The van der Waals surface area contributed by atoms with Crippen LogP contribution in [-0.4, -0.2) is 57.2 Å². The van der Waals surface area contributed by atoms with Crippen molar-refractivity contribution in [1.29, 1.82) is 0 Å². The summed E-state index contributed by atoms with van der Waals surface area (Å²) >= 11 is 0. The van der Waals surface area contributed by atoms with Crippen LogP contribution in [0.4, 0.5) is 0 Å². The van der Waals surface area contributed by atoms with Crippen LogP contribution in [0.25, 0.3) is 0 Å². The van der Waals surface area contributed by atoms with Gasteiger partial charge in [-0.25, -0.2) is 15.0 Å². The molecule has 0 spiro atoms. The topological polar surface area (TPSA) is 168 Å². The molecule has 0 saturated heterocycles. The Hall–Kier alpha value is -4.61. The first kappa shape index (κ1) is 29.4. The number of carbonyl (C=O) groups excluding carboxylic acids is 4. The predicted molar refractivity (Wildman–Crippen MR) is 149 cm³/mol. The quantitative estimate of drug-likeness (QED) is 0.367. The van der Waals surface area contributed by atoms with Crippen molar-refractivity contribution in [2.75, 3.05) is 6.54 Å². The fourth-order valence-electron chi connectivity index (χ4n) is 4.42. The van der Waals surface area contributed by atoms with E-state index in [1.54, 1.807) is 6.92 Å². The summed E-state index contributed by atoms with van der Waals surface area (Å²) in [5.41, 5.74) is 1.17. The fourth-order valence-corrected chi connectivity index (χ4v) is 4.42. The molecule has 41 heavy (non-hydrogen) atoms. The zero-order valence-electron chi connectivity index (χ0n) is 23.3. The van der Waals surface area contributed by atoms with E-state index in [4.69, 9.17) is 4.42 Å². The van der Waals surface area contributed by atoms with Crippen molar-refractivity contribution in [2.24, 2.45) is 5.92 Å². The number of nitrogens with zero attached hydrogens (tertiary/aromatic N) is 3. The first-order chi connectivity index (χ1) is 19.7. The van der Waals surface area contributed by atoms with Gasteiger partial charge in [-0.05, 0) is 37.7 Å². The number of hydrogen-bond donors (Lipinski definition) is 4.